The molecule has 0 aliphatic heterocycles. The number of carbonyl (C=O) groups is 2. The Morgan fingerprint density at radius 2 is 1.89 bits per heavy atom. The number of likely N-dealkylation sites (N-methyl/N-ethyl adjacent to an activating group) is 1. The number of hydrogen-bond donors (Lipinski definition) is 3. The number of carbonyl (C=O) groups excluding carboxylic acids is 2. The molecule has 2 aromatic carbocycles. The molecule has 1 aliphatic carbocycles. The summed E-state index contributed by atoms with van der Waals surface area (Å²) in [4.78, 5) is 28.5. The minimum atomic E-state index is -0.907. The van der Waals surface area contributed by atoms with Gasteiger partial charge in [-0.1, -0.05) is 75.2 Å². The van der Waals surface area contributed by atoms with Gasteiger partial charge in [-0.25, -0.2) is 0 Å². The molecule has 0 aromatic heterocycles. The smallest absolute Gasteiger partial charge is 0.243 e. The standard InChI is InChI=1S/C36H51N3O5/c1-7-10-15-25(4)36(42)39(5)32(14-8-2)35(41)38-31(21-26-16-12-11-13-17-26)33(40)24-37-30-23-34(44-20-9-3)28-19-18-27(43-6)22-29(28)30/h8-9,11-13,16-19,22,25,30-34,37,40H,2-3,7,10,14-15,20-21,23-24H2,1,4-6H3,(H,38,41)/t25-,30-,31-,32-,33+,34+/m0/s1. The number of unbranched alkanes of at least 4 members (excludes halogenated alkanes) is 1. The average molecular weight is 606 g/mol. The number of benzene rings is 2. The lowest BCUT2D eigenvalue weighted by molar-refractivity contribution is -0.142. The van der Waals surface area contributed by atoms with E-state index < -0.39 is 18.2 Å². The van der Waals surface area contributed by atoms with E-state index in [0.717, 1.165) is 41.7 Å². The van der Waals surface area contributed by atoms with E-state index in [0.29, 0.717) is 25.9 Å². The van der Waals surface area contributed by atoms with Gasteiger partial charge in [0.05, 0.1) is 32.0 Å². The molecule has 8 heteroatoms. The van der Waals surface area contributed by atoms with E-state index in [4.69, 9.17) is 9.47 Å². The zero-order valence-electron chi connectivity index (χ0n) is 26.8. The Morgan fingerprint density at radius 1 is 1.14 bits per heavy atom. The first-order valence-corrected chi connectivity index (χ1v) is 15.8. The first-order chi connectivity index (χ1) is 21.2. The predicted molar refractivity (Wildman–Crippen MR) is 175 cm³/mol. The van der Waals surface area contributed by atoms with Crippen molar-refractivity contribution in [2.45, 2.75) is 82.7 Å². The van der Waals surface area contributed by atoms with Gasteiger partial charge in [0.1, 0.15) is 11.8 Å². The fourth-order valence-electron chi connectivity index (χ4n) is 5.85. The van der Waals surface area contributed by atoms with Crippen molar-refractivity contribution in [2.75, 3.05) is 27.3 Å². The Hall–Kier alpha value is -3.46. The van der Waals surface area contributed by atoms with Crippen molar-refractivity contribution in [1.29, 1.82) is 0 Å². The molecule has 0 unspecified atom stereocenters. The van der Waals surface area contributed by atoms with Crippen LogP contribution in [0.1, 0.15) is 74.8 Å². The van der Waals surface area contributed by atoms with Crippen molar-refractivity contribution in [3.05, 3.63) is 90.5 Å². The zero-order chi connectivity index (χ0) is 32.1. The average Bonchev–Trinajstić information content (AvgIpc) is 3.39. The summed E-state index contributed by atoms with van der Waals surface area (Å²) in [5, 5.41) is 18.1. The van der Waals surface area contributed by atoms with Crippen molar-refractivity contribution < 1.29 is 24.2 Å². The van der Waals surface area contributed by atoms with Gasteiger partial charge in [-0.15, -0.1) is 13.2 Å². The van der Waals surface area contributed by atoms with Crippen LogP contribution in [-0.2, 0) is 20.7 Å². The van der Waals surface area contributed by atoms with Gasteiger partial charge in [0.2, 0.25) is 11.8 Å². The van der Waals surface area contributed by atoms with Crippen molar-refractivity contribution in [3.8, 4) is 5.75 Å². The molecule has 0 saturated heterocycles. The quantitative estimate of drug-likeness (QED) is 0.188. The van der Waals surface area contributed by atoms with Crippen LogP contribution in [0.25, 0.3) is 0 Å². The summed E-state index contributed by atoms with van der Waals surface area (Å²) in [5.74, 6) is 0.205. The Kier molecular flexibility index (Phi) is 14.1. The summed E-state index contributed by atoms with van der Waals surface area (Å²) in [5.41, 5.74) is 3.14. The Balaban J connectivity index is 1.77. The molecule has 44 heavy (non-hydrogen) atoms. The third kappa shape index (κ3) is 9.52. The largest absolute Gasteiger partial charge is 0.497 e. The summed E-state index contributed by atoms with van der Waals surface area (Å²) < 4.78 is 11.5. The molecular weight excluding hydrogens is 554 g/mol. The normalized spacial score (nSPS) is 18.4. The van der Waals surface area contributed by atoms with E-state index in [1.54, 1.807) is 26.3 Å². The number of rotatable bonds is 19. The van der Waals surface area contributed by atoms with Gasteiger partial charge < -0.3 is 30.1 Å². The number of aliphatic hydroxyl groups is 1. The fraction of sp³-hybridized carbons (Fsp3) is 0.500. The van der Waals surface area contributed by atoms with E-state index in [1.807, 2.05) is 55.5 Å². The lowest BCUT2D eigenvalue weighted by atomic mass is 9.98. The van der Waals surface area contributed by atoms with Gasteiger partial charge in [0.15, 0.2) is 0 Å². The first-order valence-electron chi connectivity index (χ1n) is 15.8. The van der Waals surface area contributed by atoms with Crippen molar-refractivity contribution in [3.63, 3.8) is 0 Å². The minimum Gasteiger partial charge on any atom is -0.497 e. The van der Waals surface area contributed by atoms with Crippen LogP contribution in [0.5, 0.6) is 5.75 Å². The molecular formula is C36H51N3O5. The molecule has 0 bridgehead atoms. The van der Waals surface area contributed by atoms with Crippen molar-refractivity contribution >= 4 is 11.8 Å². The number of methoxy groups -OCH3 is 1. The maximum atomic E-state index is 13.7. The molecule has 6 atom stereocenters. The van der Waals surface area contributed by atoms with Gasteiger partial charge >= 0.3 is 0 Å². The predicted octanol–water partition coefficient (Wildman–Crippen LogP) is 5.29. The number of amides is 2. The molecule has 1 aliphatic rings. The highest BCUT2D eigenvalue weighted by Gasteiger charge is 2.34. The van der Waals surface area contributed by atoms with Crippen LogP contribution in [-0.4, -0.2) is 67.3 Å². The molecule has 0 heterocycles. The topological polar surface area (TPSA) is 100 Å². The Labute approximate surface area is 263 Å². The molecule has 0 fully saturated rings. The molecule has 2 amide bonds. The highest BCUT2D eigenvalue weighted by Crippen LogP contribution is 2.42. The second-order valence-corrected chi connectivity index (χ2v) is 11.7. The number of fused-ring (bicyclic) bond motifs is 1. The molecule has 3 N–H and O–H groups in total. The molecule has 0 saturated carbocycles. The van der Waals surface area contributed by atoms with Gasteiger partial charge in [-0.3, -0.25) is 9.59 Å². The van der Waals surface area contributed by atoms with E-state index in [-0.39, 0.29) is 36.4 Å². The van der Waals surface area contributed by atoms with Crippen LogP contribution in [0, 0.1) is 5.92 Å². The second-order valence-electron chi connectivity index (χ2n) is 11.7. The third-order valence-electron chi connectivity index (χ3n) is 8.47. The number of aliphatic hydroxyl groups excluding tert-OH is 1. The monoisotopic (exact) mass is 605 g/mol. The van der Waals surface area contributed by atoms with Crippen molar-refractivity contribution in [2.24, 2.45) is 5.92 Å². The van der Waals surface area contributed by atoms with Gasteiger partial charge in [-0.2, -0.15) is 0 Å². The minimum absolute atomic E-state index is 0.0640. The van der Waals surface area contributed by atoms with Gasteiger partial charge in [-0.05, 0) is 54.5 Å². The van der Waals surface area contributed by atoms with E-state index in [2.05, 4.69) is 30.7 Å². The highest BCUT2D eigenvalue weighted by molar-refractivity contribution is 5.88. The van der Waals surface area contributed by atoms with Crippen LogP contribution in [0.3, 0.4) is 0 Å². The number of nitrogens with zero attached hydrogens (tertiary/aromatic N) is 1. The molecule has 3 rings (SSSR count). The lowest BCUT2D eigenvalue weighted by Gasteiger charge is -2.32. The summed E-state index contributed by atoms with van der Waals surface area (Å²) in [6.45, 7) is 12.3. The summed E-state index contributed by atoms with van der Waals surface area (Å²) in [6.07, 6.45) is 6.57. The molecule has 0 spiro atoms. The molecule has 2 aromatic rings. The van der Waals surface area contributed by atoms with Crippen LogP contribution >= 0.6 is 0 Å². The van der Waals surface area contributed by atoms with Gasteiger partial charge in [0, 0.05) is 25.6 Å². The fourth-order valence-corrected chi connectivity index (χ4v) is 5.85. The Bertz CT molecular complexity index is 1220. The second kappa shape index (κ2) is 17.7. The maximum Gasteiger partial charge on any atom is 0.243 e. The van der Waals surface area contributed by atoms with Gasteiger partial charge in [0.25, 0.3) is 0 Å². The maximum absolute atomic E-state index is 13.7. The highest BCUT2D eigenvalue weighted by atomic mass is 16.5. The van der Waals surface area contributed by atoms with Crippen molar-refractivity contribution in [1.82, 2.24) is 15.5 Å². The number of ether oxygens (including phenoxy) is 2. The Morgan fingerprint density at radius 3 is 2.55 bits per heavy atom. The first kappa shape index (κ1) is 35.0. The van der Waals surface area contributed by atoms with Crippen LogP contribution in [0.4, 0.5) is 0 Å². The van der Waals surface area contributed by atoms with E-state index in [9.17, 15) is 14.7 Å². The van der Waals surface area contributed by atoms with Crippen LogP contribution < -0.4 is 15.4 Å². The number of hydrogen-bond acceptors (Lipinski definition) is 6. The third-order valence-corrected chi connectivity index (χ3v) is 8.47. The lowest BCUT2D eigenvalue weighted by Crippen LogP contribution is -2.55. The molecule has 0 radical (unpaired) electrons. The van der Waals surface area contributed by atoms with Crippen LogP contribution in [0.15, 0.2) is 73.8 Å². The summed E-state index contributed by atoms with van der Waals surface area (Å²) in [6, 6.07) is 14.4. The van der Waals surface area contributed by atoms with E-state index >= 15 is 0 Å². The SMILES string of the molecule is C=CCO[C@@H]1C[C@H](NC[C@@H](O)[C@H](Cc2ccccc2)NC(=O)[C@H](CC=C)N(C)C(=O)[C@@H](C)CCCC)c2cc(OC)ccc21. The summed E-state index contributed by atoms with van der Waals surface area (Å²) in [7, 11) is 3.32. The zero-order valence-corrected chi connectivity index (χ0v) is 26.8. The van der Waals surface area contributed by atoms with E-state index in [1.165, 1.54) is 4.90 Å². The molecule has 8 nitrogen and oxygen atoms in total. The molecule has 240 valence electrons. The van der Waals surface area contributed by atoms with Crippen LogP contribution in [0.2, 0.25) is 0 Å². The number of nitrogens with one attached hydrogen (secondary N) is 2. The summed E-state index contributed by atoms with van der Waals surface area (Å²) >= 11 is 0.